The standard InChI is InChI=1S/C16H11ClN4/c17-10-4-3-7-13-14(10)15(18)9(8-19-13)16-20-11-5-1-2-6-12(11)21-16/h1-8H,(H2,18,19)(H,20,21). The Hall–Kier alpha value is -2.59. The molecule has 0 unspecified atom stereocenters. The van der Waals surface area contributed by atoms with Gasteiger partial charge >= 0.3 is 0 Å². The summed E-state index contributed by atoms with van der Waals surface area (Å²) in [5.41, 5.74) is 10.3. The van der Waals surface area contributed by atoms with Gasteiger partial charge in [0.1, 0.15) is 5.82 Å². The summed E-state index contributed by atoms with van der Waals surface area (Å²) in [5.74, 6) is 0.697. The van der Waals surface area contributed by atoms with Crippen molar-refractivity contribution in [3.63, 3.8) is 0 Å². The van der Waals surface area contributed by atoms with Crippen LogP contribution in [0.2, 0.25) is 5.02 Å². The number of nitrogen functional groups attached to an aromatic ring is 1. The number of nitrogens with two attached hydrogens (primary N) is 1. The minimum Gasteiger partial charge on any atom is -0.397 e. The lowest BCUT2D eigenvalue weighted by Gasteiger charge is -2.07. The predicted octanol–water partition coefficient (Wildman–Crippen LogP) is 4.01. The van der Waals surface area contributed by atoms with E-state index in [2.05, 4.69) is 15.0 Å². The maximum atomic E-state index is 6.29. The maximum absolute atomic E-state index is 6.29. The summed E-state index contributed by atoms with van der Waals surface area (Å²) in [6.45, 7) is 0. The smallest absolute Gasteiger partial charge is 0.142 e. The van der Waals surface area contributed by atoms with E-state index in [-0.39, 0.29) is 0 Å². The number of halogens is 1. The molecule has 0 aliphatic heterocycles. The largest absolute Gasteiger partial charge is 0.397 e. The molecule has 5 heteroatoms. The van der Waals surface area contributed by atoms with Gasteiger partial charge < -0.3 is 10.7 Å². The highest BCUT2D eigenvalue weighted by Crippen LogP contribution is 2.34. The van der Waals surface area contributed by atoms with Crippen LogP contribution in [0.3, 0.4) is 0 Å². The molecule has 0 radical (unpaired) electrons. The molecule has 4 aromatic rings. The van der Waals surface area contributed by atoms with Crippen LogP contribution in [0.1, 0.15) is 0 Å². The fraction of sp³-hybridized carbons (Fsp3) is 0. The molecule has 102 valence electrons. The van der Waals surface area contributed by atoms with Crippen LogP contribution >= 0.6 is 11.6 Å². The molecule has 4 nitrogen and oxygen atoms in total. The van der Waals surface area contributed by atoms with Gasteiger partial charge in [0.05, 0.1) is 32.8 Å². The van der Waals surface area contributed by atoms with Crippen molar-refractivity contribution in [3.05, 3.63) is 53.7 Å². The number of aromatic amines is 1. The molecule has 0 spiro atoms. The first kappa shape index (κ1) is 12.2. The average molecular weight is 295 g/mol. The number of hydrogen-bond donors (Lipinski definition) is 2. The lowest BCUT2D eigenvalue weighted by molar-refractivity contribution is 1.31. The van der Waals surface area contributed by atoms with E-state index in [9.17, 15) is 0 Å². The molecule has 0 saturated heterocycles. The quantitative estimate of drug-likeness (QED) is 0.557. The highest BCUT2D eigenvalue weighted by Gasteiger charge is 2.13. The van der Waals surface area contributed by atoms with Crippen LogP contribution in [0, 0.1) is 0 Å². The number of H-pyrrole nitrogens is 1. The number of imidazole rings is 1. The van der Waals surface area contributed by atoms with Gasteiger partial charge in [-0.3, -0.25) is 4.98 Å². The molecule has 0 bridgehead atoms. The van der Waals surface area contributed by atoms with Crippen LogP contribution < -0.4 is 5.73 Å². The highest BCUT2D eigenvalue weighted by atomic mass is 35.5. The van der Waals surface area contributed by atoms with Gasteiger partial charge in [-0.15, -0.1) is 0 Å². The summed E-state index contributed by atoms with van der Waals surface area (Å²) in [7, 11) is 0. The topological polar surface area (TPSA) is 67.6 Å². The van der Waals surface area contributed by atoms with E-state index in [0.717, 1.165) is 27.5 Å². The van der Waals surface area contributed by atoms with Gasteiger partial charge in [0.2, 0.25) is 0 Å². The average Bonchev–Trinajstić information content (AvgIpc) is 2.91. The first-order chi connectivity index (χ1) is 10.2. The molecule has 0 saturated carbocycles. The van der Waals surface area contributed by atoms with Gasteiger partial charge in [-0.1, -0.05) is 29.8 Å². The summed E-state index contributed by atoms with van der Waals surface area (Å²) in [4.78, 5) is 12.2. The van der Waals surface area contributed by atoms with Crippen LogP contribution in [-0.4, -0.2) is 15.0 Å². The van der Waals surface area contributed by atoms with Crippen LogP contribution in [-0.2, 0) is 0 Å². The zero-order chi connectivity index (χ0) is 14.4. The molecule has 2 heterocycles. The monoisotopic (exact) mass is 294 g/mol. The summed E-state index contributed by atoms with van der Waals surface area (Å²) in [5, 5.41) is 1.35. The fourth-order valence-electron chi connectivity index (χ4n) is 2.49. The zero-order valence-corrected chi connectivity index (χ0v) is 11.7. The van der Waals surface area contributed by atoms with Crippen molar-refractivity contribution >= 4 is 39.2 Å². The van der Waals surface area contributed by atoms with E-state index >= 15 is 0 Å². The SMILES string of the molecule is Nc1c(-c2nc3ccccc3[nH]2)cnc2cccc(Cl)c12. The van der Waals surface area contributed by atoms with Crippen molar-refractivity contribution in [2.75, 3.05) is 5.73 Å². The van der Waals surface area contributed by atoms with Gasteiger partial charge in [-0.25, -0.2) is 4.98 Å². The molecule has 2 aromatic heterocycles. The third-order valence-corrected chi connectivity index (χ3v) is 3.84. The van der Waals surface area contributed by atoms with Crippen molar-refractivity contribution in [1.82, 2.24) is 15.0 Å². The Kier molecular flexibility index (Phi) is 2.59. The Morgan fingerprint density at radius 3 is 2.67 bits per heavy atom. The second-order valence-electron chi connectivity index (χ2n) is 4.82. The summed E-state index contributed by atoms with van der Waals surface area (Å²) in [6, 6.07) is 13.4. The van der Waals surface area contributed by atoms with E-state index in [0.29, 0.717) is 16.5 Å². The molecule has 21 heavy (non-hydrogen) atoms. The zero-order valence-electron chi connectivity index (χ0n) is 11.0. The third-order valence-electron chi connectivity index (χ3n) is 3.53. The van der Waals surface area contributed by atoms with Crippen molar-refractivity contribution < 1.29 is 0 Å². The third kappa shape index (κ3) is 1.84. The Morgan fingerprint density at radius 2 is 1.81 bits per heavy atom. The van der Waals surface area contributed by atoms with Crippen LogP contribution in [0.4, 0.5) is 5.69 Å². The molecule has 0 amide bonds. The maximum Gasteiger partial charge on any atom is 0.142 e. The number of fused-ring (bicyclic) bond motifs is 2. The minimum absolute atomic E-state index is 0.588. The summed E-state index contributed by atoms with van der Waals surface area (Å²) < 4.78 is 0. The number of nitrogens with zero attached hydrogens (tertiary/aromatic N) is 2. The van der Waals surface area contributed by atoms with Crippen LogP contribution in [0.25, 0.3) is 33.3 Å². The van der Waals surface area contributed by atoms with Crippen molar-refractivity contribution in [2.45, 2.75) is 0 Å². The van der Waals surface area contributed by atoms with E-state index in [1.54, 1.807) is 6.20 Å². The Morgan fingerprint density at radius 1 is 1.00 bits per heavy atom. The first-order valence-corrected chi connectivity index (χ1v) is 6.89. The number of hydrogen-bond acceptors (Lipinski definition) is 3. The molecule has 4 rings (SSSR count). The van der Waals surface area contributed by atoms with E-state index < -0.39 is 0 Å². The number of benzene rings is 2. The molecule has 0 aliphatic carbocycles. The summed E-state index contributed by atoms with van der Waals surface area (Å²) >= 11 is 6.25. The number of aromatic nitrogens is 3. The van der Waals surface area contributed by atoms with Crippen molar-refractivity contribution in [3.8, 4) is 11.4 Å². The second-order valence-corrected chi connectivity index (χ2v) is 5.23. The fourth-order valence-corrected chi connectivity index (χ4v) is 2.77. The molecule has 2 aromatic carbocycles. The number of pyridine rings is 1. The van der Waals surface area contributed by atoms with Crippen molar-refractivity contribution in [1.29, 1.82) is 0 Å². The number of para-hydroxylation sites is 2. The first-order valence-electron chi connectivity index (χ1n) is 6.52. The van der Waals surface area contributed by atoms with Crippen LogP contribution in [0.15, 0.2) is 48.7 Å². The predicted molar refractivity (Wildman–Crippen MR) is 86.3 cm³/mol. The lowest BCUT2D eigenvalue weighted by atomic mass is 10.1. The van der Waals surface area contributed by atoms with E-state index in [4.69, 9.17) is 17.3 Å². The van der Waals surface area contributed by atoms with Gasteiger partial charge in [0, 0.05) is 11.6 Å². The van der Waals surface area contributed by atoms with E-state index in [1.807, 2.05) is 42.5 Å². The molecular weight excluding hydrogens is 284 g/mol. The number of nitrogens with one attached hydrogen (secondary N) is 1. The Balaban J connectivity index is 2.02. The van der Waals surface area contributed by atoms with Crippen molar-refractivity contribution in [2.24, 2.45) is 0 Å². The molecular formula is C16H11ClN4. The molecule has 3 N–H and O–H groups in total. The van der Waals surface area contributed by atoms with E-state index in [1.165, 1.54) is 0 Å². The van der Waals surface area contributed by atoms with Gasteiger partial charge in [-0.2, -0.15) is 0 Å². The Labute approximate surface area is 125 Å². The number of anilines is 1. The molecule has 0 fully saturated rings. The lowest BCUT2D eigenvalue weighted by Crippen LogP contribution is -1.95. The van der Waals surface area contributed by atoms with Gasteiger partial charge in [-0.05, 0) is 24.3 Å². The minimum atomic E-state index is 0.588. The second kappa shape index (κ2) is 4.46. The number of rotatable bonds is 1. The van der Waals surface area contributed by atoms with Crippen LogP contribution in [0.5, 0.6) is 0 Å². The molecule has 0 aliphatic rings. The molecule has 0 atom stereocenters. The summed E-state index contributed by atoms with van der Waals surface area (Å²) in [6.07, 6.45) is 1.73. The van der Waals surface area contributed by atoms with Gasteiger partial charge in [0.25, 0.3) is 0 Å². The highest BCUT2D eigenvalue weighted by molar-refractivity contribution is 6.36. The Bertz CT molecular complexity index is 942. The van der Waals surface area contributed by atoms with Gasteiger partial charge in [0.15, 0.2) is 0 Å². The normalized spacial score (nSPS) is 11.3.